The highest BCUT2D eigenvalue weighted by atomic mass is 32.2. The lowest BCUT2D eigenvalue weighted by Gasteiger charge is -2.23. The van der Waals surface area contributed by atoms with Crippen molar-refractivity contribution in [3.63, 3.8) is 0 Å². The molecule has 1 heterocycles. The topological polar surface area (TPSA) is 49.3 Å². The Morgan fingerprint density at radius 1 is 1.64 bits per heavy atom. The highest BCUT2D eigenvalue weighted by Crippen LogP contribution is 2.33. The van der Waals surface area contributed by atoms with Gasteiger partial charge in [-0.3, -0.25) is 0 Å². The maximum Gasteiger partial charge on any atom is 0.326 e. The second kappa shape index (κ2) is 3.53. The van der Waals surface area contributed by atoms with E-state index >= 15 is 0 Å². The minimum atomic E-state index is -0.788. The van der Waals surface area contributed by atoms with E-state index in [1.165, 1.54) is 5.56 Å². The van der Waals surface area contributed by atoms with E-state index in [1.807, 2.05) is 19.1 Å². The molecule has 1 aliphatic heterocycles. The van der Waals surface area contributed by atoms with Crippen LogP contribution >= 0.6 is 11.8 Å². The van der Waals surface area contributed by atoms with E-state index in [-0.39, 0.29) is 0 Å². The number of carbonyl (C=O) groups is 1. The number of hydrogen-bond acceptors (Lipinski definition) is 3. The maximum atomic E-state index is 10.8. The van der Waals surface area contributed by atoms with Gasteiger partial charge in [0.25, 0.3) is 0 Å². The van der Waals surface area contributed by atoms with Crippen molar-refractivity contribution in [2.75, 3.05) is 11.1 Å². The van der Waals surface area contributed by atoms with Gasteiger partial charge < -0.3 is 10.4 Å². The lowest BCUT2D eigenvalue weighted by Crippen LogP contribution is -2.34. The fraction of sp³-hybridized carbons (Fsp3) is 0.300. The predicted octanol–water partition coefficient (Wildman–Crippen LogP) is 1.97. The minimum absolute atomic E-state index is 0.463. The molecule has 0 aromatic heterocycles. The molecule has 4 heteroatoms. The summed E-state index contributed by atoms with van der Waals surface area (Å²) in [6.07, 6.45) is 0. The summed E-state index contributed by atoms with van der Waals surface area (Å²) in [7, 11) is 0. The Bertz CT molecular complexity index is 378. The van der Waals surface area contributed by atoms with E-state index in [9.17, 15) is 4.79 Å². The van der Waals surface area contributed by atoms with Gasteiger partial charge >= 0.3 is 5.97 Å². The first-order valence-corrected chi connectivity index (χ1v) is 5.38. The lowest BCUT2D eigenvalue weighted by atomic mass is 10.2. The monoisotopic (exact) mass is 209 g/mol. The fourth-order valence-corrected chi connectivity index (χ4v) is 2.53. The molecular formula is C10H11NO2S. The zero-order valence-corrected chi connectivity index (χ0v) is 8.60. The summed E-state index contributed by atoms with van der Waals surface area (Å²) >= 11 is 1.60. The Labute approximate surface area is 86.5 Å². The van der Waals surface area contributed by atoms with E-state index in [0.29, 0.717) is 5.75 Å². The second-order valence-corrected chi connectivity index (χ2v) is 4.41. The van der Waals surface area contributed by atoms with Gasteiger partial charge in [0.05, 0.1) is 0 Å². The van der Waals surface area contributed by atoms with Crippen molar-refractivity contribution in [1.82, 2.24) is 0 Å². The van der Waals surface area contributed by atoms with Gasteiger partial charge in [-0.25, -0.2) is 4.79 Å². The van der Waals surface area contributed by atoms with Crippen LogP contribution in [0.3, 0.4) is 0 Å². The molecule has 1 aromatic rings. The molecule has 74 valence electrons. The van der Waals surface area contributed by atoms with E-state index in [0.717, 1.165) is 10.6 Å². The molecule has 1 aromatic carbocycles. The van der Waals surface area contributed by atoms with Crippen molar-refractivity contribution in [3.8, 4) is 0 Å². The minimum Gasteiger partial charge on any atom is -0.480 e. The average molecular weight is 209 g/mol. The van der Waals surface area contributed by atoms with Gasteiger partial charge in [0.1, 0.15) is 6.04 Å². The molecular weight excluding hydrogens is 198 g/mol. The first-order valence-electron chi connectivity index (χ1n) is 4.39. The SMILES string of the molecule is Cc1ccc2c(c1)SCC(C(=O)O)N2. The largest absolute Gasteiger partial charge is 0.480 e. The van der Waals surface area contributed by atoms with Crippen LogP contribution in [0, 0.1) is 6.92 Å². The first-order chi connectivity index (χ1) is 6.66. The summed E-state index contributed by atoms with van der Waals surface area (Å²) in [5.74, 6) is -0.199. The van der Waals surface area contributed by atoms with Gasteiger partial charge in [-0.15, -0.1) is 11.8 Å². The van der Waals surface area contributed by atoms with Crippen molar-refractivity contribution in [2.45, 2.75) is 17.9 Å². The molecule has 3 nitrogen and oxygen atoms in total. The number of fused-ring (bicyclic) bond motifs is 1. The smallest absolute Gasteiger partial charge is 0.326 e. The van der Waals surface area contributed by atoms with Gasteiger partial charge in [-0.2, -0.15) is 0 Å². The summed E-state index contributed by atoms with van der Waals surface area (Å²) in [4.78, 5) is 11.9. The number of hydrogen-bond donors (Lipinski definition) is 2. The molecule has 0 radical (unpaired) electrons. The third kappa shape index (κ3) is 1.70. The molecule has 1 unspecified atom stereocenters. The van der Waals surface area contributed by atoms with Crippen LogP contribution in [0.15, 0.2) is 23.1 Å². The Balaban J connectivity index is 2.27. The lowest BCUT2D eigenvalue weighted by molar-refractivity contribution is -0.137. The third-order valence-corrected chi connectivity index (χ3v) is 3.32. The Kier molecular flexibility index (Phi) is 2.37. The number of rotatable bonds is 1. The quantitative estimate of drug-likeness (QED) is 0.742. The van der Waals surface area contributed by atoms with Crippen LogP contribution in [-0.2, 0) is 4.79 Å². The zero-order valence-electron chi connectivity index (χ0n) is 7.78. The molecule has 0 bridgehead atoms. The average Bonchev–Trinajstić information content (AvgIpc) is 2.16. The Morgan fingerprint density at radius 3 is 3.14 bits per heavy atom. The highest BCUT2D eigenvalue weighted by Gasteiger charge is 2.23. The molecule has 0 spiro atoms. The normalized spacial score (nSPS) is 19.6. The van der Waals surface area contributed by atoms with Gasteiger partial charge in [0.2, 0.25) is 0 Å². The number of carboxylic acid groups (broad SMARTS) is 1. The van der Waals surface area contributed by atoms with Crippen molar-refractivity contribution >= 4 is 23.4 Å². The second-order valence-electron chi connectivity index (χ2n) is 3.35. The van der Waals surface area contributed by atoms with E-state index in [1.54, 1.807) is 11.8 Å². The Morgan fingerprint density at radius 2 is 2.43 bits per heavy atom. The third-order valence-electron chi connectivity index (χ3n) is 2.17. The number of benzene rings is 1. The highest BCUT2D eigenvalue weighted by molar-refractivity contribution is 7.99. The molecule has 2 rings (SSSR count). The van der Waals surface area contributed by atoms with Crippen LogP contribution < -0.4 is 5.32 Å². The summed E-state index contributed by atoms with van der Waals surface area (Å²) in [6.45, 7) is 2.03. The van der Waals surface area contributed by atoms with Crippen molar-refractivity contribution in [3.05, 3.63) is 23.8 Å². The van der Waals surface area contributed by atoms with Crippen LogP contribution in [0.2, 0.25) is 0 Å². The van der Waals surface area contributed by atoms with E-state index in [4.69, 9.17) is 5.11 Å². The van der Waals surface area contributed by atoms with Gasteiger partial charge in [0, 0.05) is 16.3 Å². The summed E-state index contributed by atoms with van der Waals surface area (Å²) in [5.41, 5.74) is 2.13. The van der Waals surface area contributed by atoms with Crippen molar-refractivity contribution in [2.24, 2.45) is 0 Å². The van der Waals surface area contributed by atoms with Crippen LogP contribution in [0.5, 0.6) is 0 Å². The summed E-state index contributed by atoms with van der Waals surface area (Å²) in [5, 5.41) is 11.8. The predicted molar refractivity (Wildman–Crippen MR) is 56.9 cm³/mol. The van der Waals surface area contributed by atoms with Crippen molar-refractivity contribution < 1.29 is 9.90 Å². The van der Waals surface area contributed by atoms with Crippen LogP contribution in [0.1, 0.15) is 5.56 Å². The molecule has 14 heavy (non-hydrogen) atoms. The number of aryl methyl sites for hydroxylation is 1. The molecule has 0 saturated heterocycles. The molecule has 1 aliphatic rings. The maximum absolute atomic E-state index is 10.8. The summed E-state index contributed by atoms with van der Waals surface area (Å²) in [6, 6.07) is 5.53. The van der Waals surface area contributed by atoms with Gasteiger partial charge in [0.15, 0.2) is 0 Å². The number of nitrogens with one attached hydrogen (secondary N) is 1. The van der Waals surface area contributed by atoms with Crippen LogP contribution in [-0.4, -0.2) is 22.9 Å². The summed E-state index contributed by atoms with van der Waals surface area (Å²) < 4.78 is 0. The van der Waals surface area contributed by atoms with E-state index < -0.39 is 12.0 Å². The zero-order chi connectivity index (χ0) is 10.1. The van der Waals surface area contributed by atoms with Gasteiger partial charge in [-0.05, 0) is 24.6 Å². The Hall–Kier alpha value is -1.16. The molecule has 0 saturated carbocycles. The number of thioether (sulfide) groups is 1. The fourth-order valence-electron chi connectivity index (χ4n) is 1.40. The van der Waals surface area contributed by atoms with Crippen molar-refractivity contribution in [1.29, 1.82) is 0 Å². The first kappa shape index (κ1) is 9.40. The number of aliphatic carboxylic acids is 1. The standard InChI is InChI=1S/C10H11NO2S/c1-6-2-3-7-9(4-6)14-5-8(11-7)10(12)13/h2-4,8,11H,5H2,1H3,(H,12,13). The number of carboxylic acids is 1. The molecule has 0 fully saturated rings. The number of anilines is 1. The van der Waals surface area contributed by atoms with Gasteiger partial charge in [-0.1, -0.05) is 6.07 Å². The van der Waals surface area contributed by atoms with Crippen LogP contribution in [0.4, 0.5) is 5.69 Å². The molecule has 0 aliphatic carbocycles. The molecule has 0 amide bonds. The van der Waals surface area contributed by atoms with Crippen LogP contribution in [0.25, 0.3) is 0 Å². The van der Waals surface area contributed by atoms with E-state index in [2.05, 4.69) is 11.4 Å². The molecule has 2 N–H and O–H groups in total. The molecule has 1 atom stereocenters.